The highest BCUT2D eigenvalue weighted by atomic mass is 16.5. The van der Waals surface area contributed by atoms with E-state index >= 15 is 0 Å². The number of hydrogen-bond donors (Lipinski definition) is 2. The van der Waals surface area contributed by atoms with Crippen LogP contribution in [0, 0.1) is 12.8 Å². The highest BCUT2D eigenvalue weighted by Crippen LogP contribution is 2.30. The van der Waals surface area contributed by atoms with Crippen LogP contribution < -0.4 is 16.2 Å². The lowest BCUT2D eigenvalue weighted by molar-refractivity contribution is 0.0907. The molecular weight excluding hydrogens is 240 g/mol. The molecule has 0 heterocycles. The second kappa shape index (κ2) is 6.06. The van der Waals surface area contributed by atoms with Crippen molar-refractivity contribution in [1.82, 2.24) is 0 Å². The summed E-state index contributed by atoms with van der Waals surface area (Å²) < 4.78 is 6.05. The Hall–Kier alpha value is -1.55. The molecule has 1 aromatic carbocycles. The van der Waals surface area contributed by atoms with Crippen LogP contribution >= 0.6 is 0 Å². The first-order valence-corrected chi connectivity index (χ1v) is 6.89. The summed E-state index contributed by atoms with van der Waals surface area (Å²) in [5.74, 6) is 0.517. The van der Waals surface area contributed by atoms with E-state index in [-0.39, 0.29) is 6.10 Å². The number of ether oxygens (including phenoxy) is 1. The lowest BCUT2D eigenvalue weighted by atomic mass is 9.86. The van der Waals surface area contributed by atoms with Gasteiger partial charge in [-0.2, -0.15) is 0 Å². The average Bonchev–Trinajstić information content (AvgIpc) is 2.39. The van der Waals surface area contributed by atoms with Gasteiger partial charge in [-0.05, 0) is 50.4 Å². The van der Waals surface area contributed by atoms with Gasteiger partial charge in [0.2, 0.25) is 0 Å². The molecule has 1 fully saturated rings. The van der Waals surface area contributed by atoms with E-state index in [4.69, 9.17) is 16.2 Å². The molecule has 4 heteroatoms. The molecule has 1 amide bonds. The van der Waals surface area contributed by atoms with Crippen LogP contribution in [0.3, 0.4) is 0 Å². The Bertz CT molecular complexity index is 459. The molecule has 0 saturated heterocycles. The van der Waals surface area contributed by atoms with Crippen molar-refractivity contribution in [2.75, 3.05) is 6.54 Å². The van der Waals surface area contributed by atoms with Gasteiger partial charge in [0.15, 0.2) is 0 Å². The highest BCUT2D eigenvalue weighted by molar-refractivity contribution is 5.95. The third-order valence-corrected chi connectivity index (χ3v) is 3.82. The van der Waals surface area contributed by atoms with Gasteiger partial charge in [-0.1, -0.05) is 12.5 Å². The van der Waals surface area contributed by atoms with Crippen molar-refractivity contribution < 1.29 is 9.53 Å². The molecule has 104 valence electrons. The van der Waals surface area contributed by atoms with E-state index < -0.39 is 5.91 Å². The minimum atomic E-state index is -0.449. The fraction of sp³-hybridized carbons (Fsp3) is 0.533. The number of benzene rings is 1. The molecule has 1 saturated carbocycles. The summed E-state index contributed by atoms with van der Waals surface area (Å²) in [4.78, 5) is 11.4. The molecule has 0 aliphatic heterocycles. The Kier molecular flexibility index (Phi) is 4.43. The maximum absolute atomic E-state index is 11.4. The van der Waals surface area contributed by atoms with Gasteiger partial charge in [0.1, 0.15) is 11.9 Å². The van der Waals surface area contributed by atoms with Gasteiger partial charge >= 0.3 is 0 Å². The molecule has 2 rings (SSSR count). The second-order valence-electron chi connectivity index (χ2n) is 5.30. The van der Waals surface area contributed by atoms with Crippen molar-refractivity contribution >= 4 is 5.91 Å². The summed E-state index contributed by atoms with van der Waals surface area (Å²) in [6, 6.07) is 5.48. The van der Waals surface area contributed by atoms with E-state index in [1.807, 2.05) is 19.1 Å². The van der Waals surface area contributed by atoms with Crippen LogP contribution in [0.2, 0.25) is 0 Å². The third kappa shape index (κ3) is 3.26. The number of amides is 1. The number of aryl methyl sites for hydroxylation is 1. The lowest BCUT2D eigenvalue weighted by Gasteiger charge is -2.31. The Morgan fingerprint density at radius 1 is 1.37 bits per heavy atom. The number of rotatable bonds is 4. The van der Waals surface area contributed by atoms with Crippen LogP contribution in [0.15, 0.2) is 18.2 Å². The highest BCUT2D eigenvalue weighted by Gasteiger charge is 2.26. The predicted molar refractivity (Wildman–Crippen MR) is 75.1 cm³/mol. The Balaban J connectivity index is 2.21. The Morgan fingerprint density at radius 2 is 2.11 bits per heavy atom. The first kappa shape index (κ1) is 13.9. The summed E-state index contributed by atoms with van der Waals surface area (Å²) >= 11 is 0. The van der Waals surface area contributed by atoms with Crippen molar-refractivity contribution in [3.63, 3.8) is 0 Å². The Labute approximate surface area is 114 Å². The van der Waals surface area contributed by atoms with E-state index in [0.717, 1.165) is 24.8 Å². The summed E-state index contributed by atoms with van der Waals surface area (Å²) in [6.07, 6.45) is 4.54. The fourth-order valence-electron chi connectivity index (χ4n) is 2.69. The SMILES string of the molecule is Cc1ccc(C(N)=O)c(OC2CCCCC2CN)c1. The van der Waals surface area contributed by atoms with Gasteiger partial charge in [-0.25, -0.2) is 0 Å². The molecule has 0 radical (unpaired) electrons. The molecule has 19 heavy (non-hydrogen) atoms. The van der Waals surface area contributed by atoms with Crippen molar-refractivity contribution in [1.29, 1.82) is 0 Å². The van der Waals surface area contributed by atoms with E-state index in [1.165, 1.54) is 6.42 Å². The zero-order valence-corrected chi connectivity index (χ0v) is 11.4. The first-order chi connectivity index (χ1) is 9.11. The summed E-state index contributed by atoms with van der Waals surface area (Å²) in [5.41, 5.74) is 12.7. The van der Waals surface area contributed by atoms with Crippen LogP contribution in [-0.4, -0.2) is 18.6 Å². The van der Waals surface area contributed by atoms with Crippen LogP contribution in [0.5, 0.6) is 5.75 Å². The second-order valence-corrected chi connectivity index (χ2v) is 5.30. The van der Waals surface area contributed by atoms with Crippen LogP contribution in [0.4, 0.5) is 0 Å². The van der Waals surface area contributed by atoms with Crippen LogP contribution in [0.25, 0.3) is 0 Å². The van der Waals surface area contributed by atoms with Crippen molar-refractivity contribution in [2.24, 2.45) is 17.4 Å². The number of hydrogen-bond acceptors (Lipinski definition) is 3. The van der Waals surface area contributed by atoms with Crippen molar-refractivity contribution in [2.45, 2.75) is 38.7 Å². The van der Waals surface area contributed by atoms with Crippen molar-refractivity contribution in [3.8, 4) is 5.75 Å². The van der Waals surface area contributed by atoms with Gasteiger partial charge in [0, 0.05) is 5.92 Å². The van der Waals surface area contributed by atoms with Gasteiger partial charge < -0.3 is 16.2 Å². The molecule has 4 N–H and O–H groups in total. The molecule has 1 aliphatic carbocycles. The van der Waals surface area contributed by atoms with Gasteiger partial charge in [0.25, 0.3) is 5.91 Å². The molecule has 2 atom stereocenters. The lowest BCUT2D eigenvalue weighted by Crippen LogP contribution is -2.35. The molecule has 0 aromatic heterocycles. The molecule has 2 unspecified atom stereocenters. The fourth-order valence-corrected chi connectivity index (χ4v) is 2.69. The topological polar surface area (TPSA) is 78.3 Å². The minimum absolute atomic E-state index is 0.0960. The molecular formula is C15H22N2O2. The number of carbonyl (C=O) groups is 1. The van der Waals surface area contributed by atoms with Crippen LogP contribution in [-0.2, 0) is 0 Å². The molecule has 1 aliphatic rings. The molecule has 4 nitrogen and oxygen atoms in total. The number of nitrogens with two attached hydrogens (primary N) is 2. The van der Waals surface area contributed by atoms with E-state index in [1.54, 1.807) is 6.07 Å². The predicted octanol–water partition coefficient (Wildman–Crippen LogP) is 1.99. The zero-order valence-electron chi connectivity index (χ0n) is 11.4. The first-order valence-electron chi connectivity index (χ1n) is 6.89. The normalized spacial score (nSPS) is 23.1. The number of carbonyl (C=O) groups excluding carboxylic acids is 1. The quantitative estimate of drug-likeness (QED) is 0.871. The van der Waals surface area contributed by atoms with E-state index in [2.05, 4.69) is 0 Å². The maximum atomic E-state index is 11.4. The van der Waals surface area contributed by atoms with E-state index in [0.29, 0.717) is 23.8 Å². The maximum Gasteiger partial charge on any atom is 0.252 e. The van der Waals surface area contributed by atoms with Gasteiger partial charge in [-0.3, -0.25) is 4.79 Å². The van der Waals surface area contributed by atoms with Gasteiger partial charge in [0.05, 0.1) is 5.56 Å². The molecule has 1 aromatic rings. The van der Waals surface area contributed by atoms with Crippen molar-refractivity contribution in [3.05, 3.63) is 29.3 Å². The third-order valence-electron chi connectivity index (χ3n) is 3.82. The van der Waals surface area contributed by atoms with E-state index in [9.17, 15) is 4.79 Å². The molecule has 0 spiro atoms. The van der Waals surface area contributed by atoms with Crippen LogP contribution in [0.1, 0.15) is 41.6 Å². The Morgan fingerprint density at radius 3 is 2.79 bits per heavy atom. The molecule has 0 bridgehead atoms. The average molecular weight is 262 g/mol. The standard InChI is InChI=1S/C15H22N2O2/c1-10-6-7-12(15(17)18)14(8-10)19-13-5-3-2-4-11(13)9-16/h6-8,11,13H,2-5,9,16H2,1H3,(H2,17,18). The monoisotopic (exact) mass is 262 g/mol. The summed E-state index contributed by atoms with van der Waals surface area (Å²) in [7, 11) is 0. The smallest absolute Gasteiger partial charge is 0.252 e. The summed E-state index contributed by atoms with van der Waals surface area (Å²) in [5, 5.41) is 0. The summed E-state index contributed by atoms with van der Waals surface area (Å²) in [6.45, 7) is 2.60. The van der Waals surface area contributed by atoms with Gasteiger partial charge in [-0.15, -0.1) is 0 Å². The largest absolute Gasteiger partial charge is 0.489 e. The zero-order chi connectivity index (χ0) is 13.8. The minimum Gasteiger partial charge on any atom is -0.489 e. The number of primary amides is 1.